The molecule has 2 atom stereocenters. The fourth-order valence-electron chi connectivity index (χ4n) is 7.99. The monoisotopic (exact) mass is 805 g/mol. The van der Waals surface area contributed by atoms with E-state index in [0.717, 1.165) is 66.1 Å². The topological polar surface area (TPSA) is 181 Å². The van der Waals surface area contributed by atoms with Gasteiger partial charge >= 0.3 is 0 Å². The van der Waals surface area contributed by atoms with Gasteiger partial charge in [0.25, 0.3) is 5.91 Å². The minimum Gasteiger partial charge on any atom is -0.378 e. The molecule has 59 heavy (non-hydrogen) atoms. The molecule has 3 aliphatic rings. The number of fused-ring (bicyclic) bond motifs is 1. The number of H-pyrrole nitrogens is 1. The predicted octanol–water partition coefficient (Wildman–Crippen LogP) is 3.05. The van der Waals surface area contributed by atoms with Crippen LogP contribution in [0.15, 0.2) is 67.1 Å². The Labute approximate surface area is 344 Å². The van der Waals surface area contributed by atoms with Crippen LogP contribution in [0.3, 0.4) is 0 Å². The SMILES string of the molecule is C=C(CN1CCN(C(=O)[C@H](NC(C)=O)C(C)C)CC1)C(=O)N[C@@H]1CCCN(Cc2ccnc(C(=O)Nc3ccc(-c4cc5c(N6CCOCC6)ncnc5[nH]4)cc3)c2)C1. The zero-order chi connectivity index (χ0) is 41.5. The first-order chi connectivity index (χ1) is 28.5. The number of hydrogen-bond donors (Lipinski definition) is 4. The maximum Gasteiger partial charge on any atom is 0.274 e. The van der Waals surface area contributed by atoms with Crippen molar-refractivity contribution >= 4 is 46.2 Å². The number of rotatable bonds is 13. The summed E-state index contributed by atoms with van der Waals surface area (Å²) in [5, 5.41) is 9.91. The largest absolute Gasteiger partial charge is 0.378 e. The molecule has 1 aromatic carbocycles. The van der Waals surface area contributed by atoms with Crippen LogP contribution in [0.5, 0.6) is 0 Å². The molecule has 6 heterocycles. The van der Waals surface area contributed by atoms with Gasteiger partial charge in [-0.05, 0) is 66.8 Å². The van der Waals surface area contributed by atoms with Crippen LogP contribution in [0.2, 0.25) is 0 Å². The van der Waals surface area contributed by atoms with Crippen LogP contribution in [0.1, 0.15) is 49.7 Å². The molecular weight excluding hydrogens is 751 g/mol. The number of piperidine rings is 1. The molecule has 0 saturated carbocycles. The number of nitrogens with zero attached hydrogens (tertiary/aromatic N) is 7. The molecule has 7 rings (SSSR count). The summed E-state index contributed by atoms with van der Waals surface area (Å²) in [4.78, 5) is 76.5. The Morgan fingerprint density at radius 3 is 2.42 bits per heavy atom. The highest BCUT2D eigenvalue weighted by Crippen LogP contribution is 2.30. The number of piperazine rings is 1. The van der Waals surface area contributed by atoms with Crippen LogP contribution in [0.25, 0.3) is 22.3 Å². The van der Waals surface area contributed by atoms with Crippen molar-refractivity contribution in [2.45, 2.75) is 52.2 Å². The van der Waals surface area contributed by atoms with Crippen LogP contribution in [-0.2, 0) is 25.7 Å². The van der Waals surface area contributed by atoms with Crippen molar-refractivity contribution in [3.8, 4) is 11.3 Å². The van der Waals surface area contributed by atoms with E-state index in [-0.39, 0.29) is 35.6 Å². The number of pyridine rings is 1. The molecule has 3 saturated heterocycles. The molecule has 0 aliphatic carbocycles. The normalized spacial score (nSPS) is 18.4. The van der Waals surface area contributed by atoms with Gasteiger partial charge in [-0.15, -0.1) is 0 Å². The number of hydrogen-bond acceptors (Lipinski definition) is 11. The summed E-state index contributed by atoms with van der Waals surface area (Å²) in [6.45, 7) is 17.2. The van der Waals surface area contributed by atoms with Gasteiger partial charge in [0.2, 0.25) is 17.7 Å². The first-order valence-corrected chi connectivity index (χ1v) is 20.5. The summed E-state index contributed by atoms with van der Waals surface area (Å²) in [6.07, 6.45) is 5.04. The average molecular weight is 806 g/mol. The molecule has 16 heteroatoms. The Balaban J connectivity index is 0.872. The van der Waals surface area contributed by atoms with Gasteiger partial charge in [-0.3, -0.25) is 34.0 Å². The molecule has 4 aromatic rings. The number of likely N-dealkylation sites (tertiary alicyclic amines) is 1. The van der Waals surface area contributed by atoms with E-state index in [1.165, 1.54) is 6.92 Å². The fraction of sp³-hybridized carbons (Fsp3) is 0.465. The number of carbonyl (C=O) groups excluding carboxylic acids is 4. The quantitative estimate of drug-likeness (QED) is 0.146. The zero-order valence-corrected chi connectivity index (χ0v) is 34.2. The Hall–Kier alpha value is -5.71. The molecule has 4 amide bonds. The highest BCUT2D eigenvalue weighted by atomic mass is 16.5. The molecule has 3 aliphatic heterocycles. The minimum absolute atomic E-state index is 0.0151. The number of carbonyl (C=O) groups is 4. The van der Waals surface area contributed by atoms with Gasteiger partial charge in [-0.1, -0.05) is 32.6 Å². The lowest BCUT2D eigenvalue weighted by Gasteiger charge is -2.37. The third-order valence-corrected chi connectivity index (χ3v) is 11.2. The van der Waals surface area contributed by atoms with E-state index in [9.17, 15) is 19.2 Å². The number of ether oxygens (including phenoxy) is 1. The van der Waals surface area contributed by atoms with E-state index >= 15 is 0 Å². The van der Waals surface area contributed by atoms with Crippen molar-refractivity contribution in [3.63, 3.8) is 0 Å². The highest BCUT2D eigenvalue weighted by Gasteiger charge is 2.31. The van der Waals surface area contributed by atoms with Crippen LogP contribution >= 0.6 is 0 Å². The van der Waals surface area contributed by atoms with Crippen molar-refractivity contribution in [1.29, 1.82) is 0 Å². The van der Waals surface area contributed by atoms with Crippen molar-refractivity contribution in [3.05, 3.63) is 78.4 Å². The van der Waals surface area contributed by atoms with Crippen LogP contribution in [-0.4, -0.2) is 142 Å². The van der Waals surface area contributed by atoms with Gasteiger partial charge in [0.1, 0.15) is 29.5 Å². The van der Waals surface area contributed by atoms with Crippen molar-refractivity contribution in [2.75, 3.05) is 82.3 Å². The standard InChI is InChI=1S/C43H55N11O5/c1-28(2)38(47-30(4)55)43(58)54-16-14-51(15-17-54)24-29(3)41(56)49-34-6-5-13-52(26-34)25-31-11-12-44-37(22-31)42(57)48-33-9-7-32(8-10-33)36-23-35-39(50-36)45-27-46-40(35)53-18-20-59-21-19-53/h7-12,22-23,27-28,34,38H,3,5-6,13-21,24-26H2,1-2,4H3,(H,47,55)(H,48,57)(H,49,56)(H,45,46,50)/t34-,38-/m1/s1. The zero-order valence-electron chi connectivity index (χ0n) is 34.2. The summed E-state index contributed by atoms with van der Waals surface area (Å²) < 4.78 is 5.51. The van der Waals surface area contributed by atoms with Crippen LogP contribution in [0, 0.1) is 5.92 Å². The van der Waals surface area contributed by atoms with E-state index in [2.05, 4.69) is 63.2 Å². The first-order valence-electron chi connectivity index (χ1n) is 20.5. The van der Waals surface area contributed by atoms with Gasteiger partial charge in [-0.2, -0.15) is 0 Å². The lowest BCUT2D eigenvalue weighted by atomic mass is 10.0. The number of amides is 4. The smallest absolute Gasteiger partial charge is 0.274 e. The van der Waals surface area contributed by atoms with E-state index in [0.29, 0.717) is 76.0 Å². The van der Waals surface area contributed by atoms with Gasteiger partial charge in [-0.25, -0.2) is 9.97 Å². The maximum absolute atomic E-state index is 13.3. The number of aromatic amines is 1. The van der Waals surface area contributed by atoms with Gasteiger partial charge in [0.05, 0.1) is 18.6 Å². The van der Waals surface area contributed by atoms with Crippen molar-refractivity contribution < 1.29 is 23.9 Å². The van der Waals surface area contributed by atoms with Crippen LogP contribution < -0.4 is 20.9 Å². The molecule has 0 spiro atoms. The van der Waals surface area contributed by atoms with E-state index < -0.39 is 6.04 Å². The molecule has 3 aromatic heterocycles. The second kappa shape index (κ2) is 18.9. The predicted molar refractivity (Wildman–Crippen MR) is 226 cm³/mol. The fourth-order valence-corrected chi connectivity index (χ4v) is 7.99. The van der Waals surface area contributed by atoms with E-state index in [1.807, 2.05) is 50.2 Å². The molecule has 0 bridgehead atoms. The lowest BCUT2D eigenvalue weighted by molar-refractivity contribution is -0.138. The Kier molecular flexibility index (Phi) is 13.3. The van der Waals surface area contributed by atoms with Crippen LogP contribution in [0.4, 0.5) is 11.5 Å². The van der Waals surface area contributed by atoms with Crippen molar-refractivity contribution in [1.82, 2.24) is 45.3 Å². The Morgan fingerprint density at radius 1 is 0.932 bits per heavy atom. The number of benzene rings is 1. The van der Waals surface area contributed by atoms with Gasteiger partial charge < -0.3 is 35.5 Å². The summed E-state index contributed by atoms with van der Waals surface area (Å²) in [7, 11) is 0. The third-order valence-electron chi connectivity index (χ3n) is 11.2. The van der Waals surface area contributed by atoms with Gasteiger partial charge in [0, 0.05) is 95.0 Å². The number of morpholine rings is 1. The Bertz CT molecular complexity index is 2140. The lowest BCUT2D eigenvalue weighted by Crippen LogP contribution is -2.56. The van der Waals surface area contributed by atoms with Gasteiger partial charge in [0.15, 0.2) is 0 Å². The molecule has 4 N–H and O–H groups in total. The summed E-state index contributed by atoms with van der Waals surface area (Å²) in [5.74, 6) is 0.130. The Morgan fingerprint density at radius 2 is 1.69 bits per heavy atom. The maximum atomic E-state index is 13.3. The summed E-state index contributed by atoms with van der Waals surface area (Å²) in [5.41, 5.74) is 5.07. The second-order valence-electron chi connectivity index (χ2n) is 16.0. The summed E-state index contributed by atoms with van der Waals surface area (Å²) >= 11 is 0. The van der Waals surface area contributed by atoms with E-state index in [4.69, 9.17) is 4.74 Å². The molecule has 0 radical (unpaired) electrons. The number of aromatic nitrogens is 4. The third kappa shape index (κ3) is 10.5. The highest BCUT2D eigenvalue weighted by molar-refractivity contribution is 6.03. The molecule has 0 unspecified atom stereocenters. The van der Waals surface area contributed by atoms with E-state index in [1.54, 1.807) is 17.4 Å². The minimum atomic E-state index is -0.546. The molecule has 3 fully saturated rings. The average Bonchev–Trinajstić information content (AvgIpc) is 3.68. The molecule has 16 nitrogen and oxygen atoms in total. The molecular formula is C43H55N11O5. The number of nitrogens with one attached hydrogen (secondary N) is 4. The molecule has 312 valence electrons. The summed E-state index contributed by atoms with van der Waals surface area (Å²) in [6, 6.07) is 12.9. The number of anilines is 2. The first kappa shape index (κ1) is 41.4. The second-order valence-corrected chi connectivity index (χ2v) is 16.0. The van der Waals surface area contributed by atoms with Crippen molar-refractivity contribution in [2.24, 2.45) is 5.92 Å².